The monoisotopic (exact) mass is 384 g/mol. The van der Waals surface area contributed by atoms with Gasteiger partial charge in [0.1, 0.15) is 17.2 Å². The van der Waals surface area contributed by atoms with Gasteiger partial charge in [-0.2, -0.15) is 0 Å². The summed E-state index contributed by atoms with van der Waals surface area (Å²) in [5.74, 6) is 2.20. The minimum absolute atomic E-state index is 0.433. The van der Waals surface area contributed by atoms with Gasteiger partial charge in [-0.1, -0.05) is 29.8 Å². The number of rotatable bonds is 5. The van der Waals surface area contributed by atoms with E-state index < -0.39 is 0 Å². The van der Waals surface area contributed by atoms with Crippen molar-refractivity contribution in [2.24, 2.45) is 0 Å². The number of hydrogen-bond donors (Lipinski definition) is 2. The van der Waals surface area contributed by atoms with E-state index in [1.165, 1.54) is 0 Å². The van der Waals surface area contributed by atoms with Crippen molar-refractivity contribution >= 4 is 40.3 Å². The SMILES string of the molecule is COc1ccc(Cl)cc1NC(=S)Nc1ccc(Oc2ccccc2)cc1. The summed E-state index contributed by atoms with van der Waals surface area (Å²) in [5.41, 5.74) is 1.53. The highest BCUT2D eigenvalue weighted by Crippen LogP contribution is 2.28. The van der Waals surface area contributed by atoms with Crippen molar-refractivity contribution in [1.29, 1.82) is 0 Å². The van der Waals surface area contributed by atoms with Gasteiger partial charge in [0.2, 0.25) is 0 Å². The largest absolute Gasteiger partial charge is 0.495 e. The quantitative estimate of drug-likeness (QED) is 0.532. The third-order valence-corrected chi connectivity index (χ3v) is 3.94. The molecule has 0 aliphatic heterocycles. The summed E-state index contributed by atoms with van der Waals surface area (Å²) < 4.78 is 11.1. The van der Waals surface area contributed by atoms with Crippen LogP contribution in [0.3, 0.4) is 0 Å². The summed E-state index contributed by atoms with van der Waals surface area (Å²) in [6.07, 6.45) is 0. The number of para-hydroxylation sites is 1. The van der Waals surface area contributed by atoms with Crippen molar-refractivity contribution in [3.8, 4) is 17.2 Å². The van der Waals surface area contributed by atoms with Crippen LogP contribution < -0.4 is 20.1 Å². The number of nitrogens with one attached hydrogen (secondary N) is 2. The molecular weight excluding hydrogens is 368 g/mol. The Kier molecular flexibility index (Phi) is 5.94. The predicted octanol–water partition coefficient (Wildman–Crippen LogP) is 5.95. The van der Waals surface area contributed by atoms with Gasteiger partial charge < -0.3 is 20.1 Å². The van der Waals surface area contributed by atoms with E-state index in [0.29, 0.717) is 21.6 Å². The Morgan fingerprint density at radius 1 is 0.885 bits per heavy atom. The molecule has 0 aromatic heterocycles. The average Bonchev–Trinajstić information content (AvgIpc) is 2.64. The van der Waals surface area contributed by atoms with Crippen LogP contribution in [0, 0.1) is 0 Å². The lowest BCUT2D eigenvalue weighted by Gasteiger charge is -2.14. The molecule has 3 rings (SSSR count). The molecule has 0 bridgehead atoms. The van der Waals surface area contributed by atoms with Gasteiger partial charge >= 0.3 is 0 Å². The molecule has 0 unspecified atom stereocenters. The first-order chi connectivity index (χ1) is 12.6. The zero-order valence-electron chi connectivity index (χ0n) is 14.0. The van der Waals surface area contributed by atoms with Gasteiger partial charge in [0.05, 0.1) is 12.8 Å². The number of halogens is 1. The molecule has 6 heteroatoms. The van der Waals surface area contributed by atoms with Crippen LogP contribution in [0.1, 0.15) is 0 Å². The van der Waals surface area contributed by atoms with Gasteiger partial charge in [-0.3, -0.25) is 0 Å². The van der Waals surface area contributed by atoms with Crippen LogP contribution in [0.5, 0.6) is 17.2 Å². The highest BCUT2D eigenvalue weighted by Gasteiger charge is 2.06. The van der Waals surface area contributed by atoms with Crippen molar-refractivity contribution in [2.45, 2.75) is 0 Å². The van der Waals surface area contributed by atoms with Gasteiger partial charge in [-0.15, -0.1) is 0 Å². The van der Waals surface area contributed by atoms with Crippen molar-refractivity contribution < 1.29 is 9.47 Å². The van der Waals surface area contributed by atoms with E-state index in [4.69, 9.17) is 33.3 Å². The molecule has 0 amide bonds. The molecule has 0 atom stereocenters. The Labute approximate surface area is 162 Å². The smallest absolute Gasteiger partial charge is 0.175 e. The Bertz CT molecular complexity index is 886. The number of thiocarbonyl (C=S) groups is 1. The van der Waals surface area contributed by atoms with Crippen molar-refractivity contribution in [3.05, 3.63) is 77.8 Å². The maximum absolute atomic E-state index is 6.03. The van der Waals surface area contributed by atoms with Gasteiger partial charge in [0.15, 0.2) is 5.11 Å². The number of methoxy groups -OCH3 is 1. The average molecular weight is 385 g/mol. The molecule has 0 saturated carbocycles. The second kappa shape index (κ2) is 8.56. The van der Waals surface area contributed by atoms with E-state index >= 15 is 0 Å². The fourth-order valence-electron chi connectivity index (χ4n) is 2.29. The molecule has 0 aliphatic carbocycles. The molecule has 26 heavy (non-hydrogen) atoms. The molecule has 0 radical (unpaired) electrons. The van der Waals surface area contributed by atoms with Crippen LogP contribution in [0.15, 0.2) is 72.8 Å². The number of benzene rings is 3. The summed E-state index contributed by atoms with van der Waals surface area (Å²) >= 11 is 11.4. The lowest BCUT2D eigenvalue weighted by molar-refractivity contribution is 0.417. The topological polar surface area (TPSA) is 42.5 Å². The summed E-state index contributed by atoms with van der Waals surface area (Å²) in [7, 11) is 1.59. The number of anilines is 2. The van der Waals surface area contributed by atoms with Gasteiger partial charge in [-0.25, -0.2) is 0 Å². The lowest BCUT2D eigenvalue weighted by atomic mass is 10.3. The summed E-state index contributed by atoms with van der Waals surface area (Å²) in [6, 6.07) is 22.4. The third kappa shape index (κ3) is 4.88. The third-order valence-electron chi connectivity index (χ3n) is 3.50. The Hall–Kier alpha value is -2.76. The Morgan fingerprint density at radius 2 is 1.58 bits per heavy atom. The maximum Gasteiger partial charge on any atom is 0.175 e. The molecule has 0 saturated heterocycles. The van der Waals surface area contributed by atoms with E-state index in [1.807, 2.05) is 54.6 Å². The number of ether oxygens (including phenoxy) is 2. The maximum atomic E-state index is 6.03. The van der Waals surface area contributed by atoms with Crippen LogP contribution in [-0.4, -0.2) is 12.2 Å². The number of hydrogen-bond acceptors (Lipinski definition) is 3. The normalized spacial score (nSPS) is 10.1. The molecule has 2 N–H and O–H groups in total. The minimum atomic E-state index is 0.433. The standard InChI is InChI=1S/C20H17ClN2O2S/c1-24-19-12-7-14(21)13-18(19)23-20(26)22-15-8-10-17(11-9-15)25-16-5-3-2-4-6-16/h2-13H,1H3,(H2,22,23,26). The molecule has 3 aromatic carbocycles. The first-order valence-electron chi connectivity index (χ1n) is 7.88. The molecule has 132 valence electrons. The van der Waals surface area contributed by atoms with Gasteiger partial charge in [0.25, 0.3) is 0 Å². The molecule has 0 spiro atoms. The molecule has 0 aliphatic rings. The first-order valence-corrected chi connectivity index (χ1v) is 8.67. The predicted molar refractivity (Wildman–Crippen MR) is 111 cm³/mol. The zero-order chi connectivity index (χ0) is 18.4. The van der Waals surface area contributed by atoms with Crippen LogP contribution >= 0.6 is 23.8 Å². The molecule has 0 fully saturated rings. The minimum Gasteiger partial charge on any atom is -0.495 e. The Morgan fingerprint density at radius 3 is 2.27 bits per heavy atom. The highest BCUT2D eigenvalue weighted by atomic mass is 35.5. The highest BCUT2D eigenvalue weighted by molar-refractivity contribution is 7.80. The molecule has 3 aromatic rings. The van der Waals surface area contributed by atoms with E-state index in [-0.39, 0.29) is 0 Å². The van der Waals surface area contributed by atoms with Crippen LogP contribution in [-0.2, 0) is 0 Å². The van der Waals surface area contributed by atoms with E-state index in [0.717, 1.165) is 17.2 Å². The fraction of sp³-hybridized carbons (Fsp3) is 0.0500. The van der Waals surface area contributed by atoms with Crippen molar-refractivity contribution in [3.63, 3.8) is 0 Å². The summed E-state index contributed by atoms with van der Waals surface area (Å²) in [6.45, 7) is 0. The van der Waals surface area contributed by atoms with Crippen LogP contribution in [0.2, 0.25) is 5.02 Å². The summed E-state index contributed by atoms with van der Waals surface area (Å²) in [4.78, 5) is 0. The molecular formula is C20H17ClN2O2S. The Balaban J connectivity index is 1.62. The lowest BCUT2D eigenvalue weighted by Crippen LogP contribution is -2.19. The molecule has 4 nitrogen and oxygen atoms in total. The van der Waals surface area contributed by atoms with Crippen LogP contribution in [0.25, 0.3) is 0 Å². The second-order valence-corrected chi connectivity index (χ2v) is 6.21. The van der Waals surface area contributed by atoms with E-state index in [2.05, 4.69) is 10.6 Å². The molecule has 0 heterocycles. The van der Waals surface area contributed by atoms with Crippen molar-refractivity contribution in [2.75, 3.05) is 17.7 Å². The van der Waals surface area contributed by atoms with Crippen LogP contribution in [0.4, 0.5) is 11.4 Å². The first kappa shape index (κ1) is 18.0. The second-order valence-electron chi connectivity index (χ2n) is 5.36. The van der Waals surface area contributed by atoms with E-state index in [9.17, 15) is 0 Å². The zero-order valence-corrected chi connectivity index (χ0v) is 15.6. The fourth-order valence-corrected chi connectivity index (χ4v) is 2.69. The van der Waals surface area contributed by atoms with E-state index in [1.54, 1.807) is 25.3 Å². The van der Waals surface area contributed by atoms with Gasteiger partial charge in [-0.05, 0) is 66.8 Å². The van der Waals surface area contributed by atoms with Crippen molar-refractivity contribution in [1.82, 2.24) is 0 Å². The van der Waals surface area contributed by atoms with Gasteiger partial charge in [0, 0.05) is 10.7 Å². The summed E-state index contributed by atoms with van der Waals surface area (Å²) in [5, 5.41) is 7.23.